The van der Waals surface area contributed by atoms with E-state index in [1.807, 2.05) is 46.7 Å². The average Bonchev–Trinajstić information content (AvgIpc) is 3.34. The zero-order chi connectivity index (χ0) is 17.9. The van der Waals surface area contributed by atoms with Gasteiger partial charge in [0.05, 0.1) is 17.7 Å². The number of aromatic nitrogens is 3. The topological polar surface area (TPSA) is 64.2 Å². The van der Waals surface area contributed by atoms with Crippen LogP contribution in [0, 0.1) is 0 Å². The number of furan rings is 1. The molecule has 8 heteroatoms. The number of carbonyl (C=O) groups is 1. The second kappa shape index (κ2) is 7.59. The van der Waals surface area contributed by atoms with Crippen LogP contribution in [0.4, 0.5) is 5.69 Å². The van der Waals surface area contributed by atoms with Gasteiger partial charge in [0.25, 0.3) is 0 Å². The van der Waals surface area contributed by atoms with Crippen LogP contribution >= 0.6 is 23.5 Å². The number of hydrogen-bond acceptors (Lipinski definition) is 6. The largest absolute Gasteiger partial charge is 0.461 e. The first-order valence-corrected chi connectivity index (χ1v) is 10.4. The van der Waals surface area contributed by atoms with Gasteiger partial charge in [-0.05, 0) is 31.2 Å². The van der Waals surface area contributed by atoms with E-state index in [0.29, 0.717) is 23.9 Å². The minimum atomic E-state index is 0.0907. The fraction of sp³-hybridized carbons (Fsp3) is 0.278. The summed E-state index contributed by atoms with van der Waals surface area (Å²) in [6.45, 7) is 3.47. The van der Waals surface area contributed by atoms with E-state index in [0.717, 1.165) is 28.0 Å². The van der Waals surface area contributed by atoms with Crippen LogP contribution in [0.25, 0.3) is 11.6 Å². The van der Waals surface area contributed by atoms with Crippen LogP contribution in [-0.4, -0.2) is 38.7 Å². The van der Waals surface area contributed by atoms with Crippen LogP contribution < -0.4 is 4.90 Å². The monoisotopic (exact) mass is 386 g/mol. The number of fused-ring (bicyclic) bond motifs is 1. The summed E-state index contributed by atoms with van der Waals surface area (Å²) in [5.74, 6) is 2.70. The molecule has 134 valence electrons. The summed E-state index contributed by atoms with van der Waals surface area (Å²) in [4.78, 5) is 15.8. The van der Waals surface area contributed by atoms with Crippen molar-refractivity contribution in [2.45, 2.75) is 23.5 Å². The summed E-state index contributed by atoms with van der Waals surface area (Å²) in [6, 6.07) is 11.7. The first-order chi connectivity index (χ1) is 12.8. The summed E-state index contributed by atoms with van der Waals surface area (Å²) in [5, 5.41) is 9.20. The molecule has 6 nitrogen and oxygen atoms in total. The van der Waals surface area contributed by atoms with E-state index in [4.69, 9.17) is 4.42 Å². The second-order valence-corrected chi connectivity index (χ2v) is 7.76. The number of hydrogen-bond donors (Lipinski definition) is 0. The minimum absolute atomic E-state index is 0.0907. The molecule has 4 rings (SSSR count). The number of para-hydroxylation sites is 1. The van der Waals surface area contributed by atoms with Crippen LogP contribution in [0.5, 0.6) is 0 Å². The molecule has 0 bridgehead atoms. The highest BCUT2D eigenvalue weighted by molar-refractivity contribution is 8.00. The van der Waals surface area contributed by atoms with Crippen molar-refractivity contribution in [3.8, 4) is 11.6 Å². The average molecular weight is 387 g/mol. The first-order valence-electron chi connectivity index (χ1n) is 8.40. The summed E-state index contributed by atoms with van der Waals surface area (Å²) in [5.41, 5.74) is 1.00. The molecular weight excluding hydrogens is 368 g/mol. The predicted molar refractivity (Wildman–Crippen MR) is 104 cm³/mol. The van der Waals surface area contributed by atoms with Crippen molar-refractivity contribution in [2.75, 3.05) is 23.0 Å². The van der Waals surface area contributed by atoms with Crippen molar-refractivity contribution in [3.63, 3.8) is 0 Å². The molecule has 2 aromatic heterocycles. The molecule has 0 fully saturated rings. The highest BCUT2D eigenvalue weighted by Crippen LogP contribution is 2.35. The number of amides is 1. The van der Waals surface area contributed by atoms with Crippen molar-refractivity contribution in [1.29, 1.82) is 0 Å². The molecule has 3 heterocycles. The Kier molecular flexibility index (Phi) is 5.03. The van der Waals surface area contributed by atoms with Gasteiger partial charge in [0.1, 0.15) is 0 Å². The molecule has 0 unspecified atom stereocenters. The van der Waals surface area contributed by atoms with Crippen molar-refractivity contribution < 1.29 is 9.21 Å². The number of thioether (sulfide) groups is 2. The molecule has 0 N–H and O–H groups in total. The number of rotatable bonds is 5. The van der Waals surface area contributed by atoms with Crippen molar-refractivity contribution in [1.82, 2.24) is 14.8 Å². The highest BCUT2D eigenvalue weighted by atomic mass is 32.2. The van der Waals surface area contributed by atoms with Crippen molar-refractivity contribution in [3.05, 3.63) is 42.7 Å². The highest BCUT2D eigenvalue weighted by Gasteiger charge is 2.23. The summed E-state index contributed by atoms with van der Waals surface area (Å²) in [7, 11) is 0. The Bertz CT molecular complexity index is 908. The normalized spacial score (nSPS) is 13.7. The molecule has 0 radical (unpaired) electrons. The molecule has 0 saturated heterocycles. The van der Waals surface area contributed by atoms with E-state index in [1.54, 1.807) is 18.0 Å². The maximum atomic E-state index is 12.8. The van der Waals surface area contributed by atoms with Gasteiger partial charge in [-0.15, -0.1) is 22.0 Å². The molecule has 1 amide bonds. The lowest BCUT2D eigenvalue weighted by Crippen LogP contribution is -2.36. The predicted octanol–water partition coefficient (Wildman–Crippen LogP) is 3.79. The molecule has 0 saturated carbocycles. The second-order valence-electron chi connectivity index (χ2n) is 5.68. The third kappa shape index (κ3) is 3.26. The molecule has 1 aromatic carbocycles. The lowest BCUT2D eigenvalue weighted by Gasteiger charge is -2.28. The molecule has 0 atom stereocenters. The quantitative estimate of drug-likeness (QED) is 0.622. The first kappa shape index (κ1) is 17.2. The lowest BCUT2D eigenvalue weighted by molar-refractivity contribution is -0.116. The van der Waals surface area contributed by atoms with Gasteiger partial charge in [-0.3, -0.25) is 9.36 Å². The smallest absolute Gasteiger partial charge is 0.237 e. The molecule has 1 aliphatic heterocycles. The van der Waals surface area contributed by atoms with Gasteiger partial charge in [-0.1, -0.05) is 23.9 Å². The SMILES string of the molecule is CCn1c(SCC(=O)N2CCSc3ccccc32)nnc1-c1ccco1. The van der Waals surface area contributed by atoms with Gasteiger partial charge >= 0.3 is 0 Å². The summed E-state index contributed by atoms with van der Waals surface area (Å²) >= 11 is 3.21. The maximum absolute atomic E-state index is 12.8. The Morgan fingerprint density at radius 1 is 1.27 bits per heavy atom. The van der Waals surface area contributed by atoms with E-state index < -0.39 is 0 Å². The van der Waals surface area contributed by atoms with Crippen LogP contribution in [0.3, 0.4) is 0 Å². The van der Waals surface area contributed by atoms with Gasteiger partial charge in [0.15, 0.2) is 16.7 Å². The van der Waals surface area contributed by atoms with E-state index in [1.165, 1.54) is 11.8 Å². The number of carbonyl (C=O) groups excluding carboxylic acids is 1. The fourth-order valence-corrected chi connectivity index (χ4v) is 4.77. The Morgan fingerprint density at radius 2 is 2.15 bits per heavy atom. The summed E-state index contributed by atoms with van der Waals surface area (Å²) in [6.07, 6.45) is 1.62. The zero-order valence-corrected chi connectivity index (χ0v) is 15.9. The molecule has 1 aliphatic rings. The van der Waals surface area contributed by atoms with Gasteiger partial charge in [-0.25, -0.2) is 0 Å². The standard InChI is InChI=1S/C18H18N4O2S2/c1-2-21-17(14-7-5-10-24-14)19-20-18(21)26-12-16(23)22-9-11-25-15-8-4-3-6-13(15)22/h3-8,10H,2,9,11-12H2,1H3. The maximum Gasteiger partial charge on any atom is 0.237 e. The lowest BCUT2D eigenvalue weighted by atomic mass is 10.3. The third-order valence-electron chi connectivity index (χ3n) is 4.13. The van der Waals surface area contributed by atoms with Crippen LogP contribution in [0.2, 0.25) is 0 Å². The van der Waals surface area contributed by atoms with E-state index in [9.17, 15) is 4.79 Å². The Balaban J connectivity index is 1.49. The van der Waals surface area contributed by atoms with E-state index in [2.05, 4.69) is 16.3 Å². The zero-order valence-electron chi connectivity index (χ0n) is 14.3. The van der Waals surface area contributed by atoms with Gasteiger partial charge in [-0.2, -0.15) is 0 Å². The number of anilines is 1. The van der Waals surface area contributed by atoms with E-state index >= 15 is 0 Å². The van der Waals surface area contributed by atoms with Crippen molar-refractivity contribution in [2.24, 2.45) is 0 Å². The molecule has 0 aliphatic carbocycles. The molecular formula is C18H18N4O2S2. The Morgan fingerprint density at radius 3 is 2.96 bits per heavy atom. The van der Waals surface area contributed by atoms with Crippen LogP contribution in [0.1, 0.15) is 6.92 Å². The van der Waals surface area contributed by atoms with Crippen molar-refractivity contribution >= 4 is 35.1 Å². The van der Waals surface area contributed by atoms with Gasteiger partial charge in [0, 0.05) is 23.7 Å². The van der Waals surface area contributed by atoms with Gasteiger partial charge < -0.3 is 9.32 Å². The Labute approximate surface area is 160 Å². The van der Waals surface area contributed by atoms with Crippen LogP contribution in [0.15, 0.2) is 57.1 Å². The van der Waals surface area contributed by atoms with Gasteiger partial charge in [0.2, 0.25) is 5.91 Å². The third-order valence-corrected chi connectivity index (χ3v) is 6.12. The molecule has 26 heavy (non-hydrogen) atoms. The van der Waals surface area contributed by atoms with Crippen LogP contribution in [-0.2, 0) is 11.3 Å². The summed E-state index contributed by atoms with van der Waals surface area (Å²) < 4.78 is 7.39. The minimum Gasteiger partial charge on any atom is -0.461 e. The molecule has 3 aromatic rings. The fourth-order valence-electron chi connectivity index (χ4n) is 2.90. The Hall–Kier alpha value is -2.19. The number of nitrogens with zero attached hydrogens (tertiary/aromatic N) is 4. The molecule has 0 spiro atoms. The number of benzene rings is 1. The van der Waals surface area contributed by atoms with E-state index in [-0.39, 0.29) is 5.91 Å².